The van der Waals surface area contributed by atoms with Crippen LogP contribution in [0.3, 0.4) is 0 Å². The number of carbonyl (C=O) groups is 1. The Labute approximate surface area is 130 Å². The fraction of sp³-hybridized carbons (Fsp3) is 0.500. The minimum absolute atomic E-state index is 0.0349. The first-order valence-corrected chi connectivity index (χ1v) is 8.02. The molecular weight excluding hydrogens is 276 g/mol. The van der Waals surface area contributed by atoms with E-state index in [0.717, 1.165) is 13.0 Å². The van der Waals surface area contributed by atoms with Crippen LogP contribution in [0.4, 0.5) is 0 Å². The molecule has 0 spiro atoms. The van der Waals surface area contributed by atoms with E-state index in [1.54, 1.807) is 0 Å². The second-order valence-electron chi connectivity index (χ2n) is 6.87. The van der Waals surface area contributed by atoms with Crippen LogP contribution in [0.1, 0.15) is 30.9 Å². The molecule has 0 bridgehead atoms. The van der Waals surface area contributed by atoms with E-state index in [2.05, 4.69) is 48.3 Å². The monoisotopic (exact) mass is 298 g/mol. The Morgan fingerprint density at radius 3 is 3.00 bits per heavy atom. The van der Waals surface area contributed by atoms with Crippen molar-refractivity contribution >= 4 is 16.9 Å². The lowest BCUT2D eigenvalue weighted by Crippen LogP contribution is -2.55. The molecule has 116 valence electrons. The first kappa shape index (κ1) is 13.8. The van der Waals surface area contributed by atoms with Crippen LogP contribution in [0.2, 0.25) is 0 Å². The molecule has 1 aromatic heterocycles. The van der Waals surface area contributed by atoms with Gasteiger partial charge in [0, 0.05) is 48.4 Å². The fourth-order valence-corrected chi connectivity index (χ4v) is 4.54. The summed E-state index contributed by atoms with van der Waals surface area (Å²) in [6.45, 7) is 4.67. The van der Waals surface area contributed by atoms with Crippen LogP contribution in [0.5, 0.6) is 0 Å². The Hall–Kier alpha value is -1.81. The summed E-state index contributed by atoms with van der Waals surface area (Å²) in [6, 6.07) is 6.83. The van der Waals surface area contributed by atoms with Crippen molar-refractivity contribution in [2.75, 3.05) is 13.6 Å². The molecule has 2 heterocycles. The van der Waals surface area contributed by atoms with Gasteiger partial charge in [0.25, 0.3) is 0 Å². The van der Waals surface area contributed by atoms with Gasteiger partial charge in [-0.05, 0) is 30.7 Å². The van der Waals surface area contributed by atoms with E-state index >= 15 is 0 Å². The van der Waals surface area contributed by atoms with Crippen LogP contribution in [0, 0.1) is 5.92 Å². The minimum atomic E-state index is -0.174. The van der Waals surface area contributed by atoms with Crippen molar-refractivity contribution in [3.05, 3.63) is 35.5 Å². The summed E-state index contributed by atoms with van der Waals surface area (Å²) in [5, 5.41) is 1.34. The SMILES string of the molecule is CC(=O)O[C@H]1[C@@H]2c3cccc4[nH]cc(c34)C[C@@H]2N(C)C[C@H]1C. The summed E-state index contributed by atoms with van der Waals surface area (Å²) >= 11 is 0. The number of hydrogen-bond donors (Lipinski definition) is 1. The minimum Gasteiger partial charge on any atom is -0.462 e. The molecule has 1 aliphatic heterocycles. The van der Waals surface area contributed by atoms with E-state index in [1.807, 2.05) is 0 Å². The largest absolute Gasteiger partial charge is 0.462 e. The lowest BCUT2D eigenvalue weighted by Gasteiger charge is -2.48. The molecule has 1 saturated heterocycles. The van der Waals surface area contributed by atoms with E-state index in [4.69, 9.17) is 4.74 Å². The molecule has 1 aromatic carbocycles. The van der Waals surface area contributed by atoms with E-state index < -0.39 is 0 Å². The first-order valence-electron chi connectivity index (χ1n) is 8.02. The van der Waals surface area contributed by atoms with Crippen LogP contribution < -0.4 is 0 Å². The van der Waals surface area contributed by atoms with Gasteiger partial charge in [0.1, 0.15) is 6.10 Å². The molecule has 2 aromatic rings. The van der Waals surface area contributed by atoms with Crippen LogP contribution in [0.25, 0.3) is 10.9 Å². The summed E-state index contributed by atoms with van der Waals surface area (Å²) in [7, 11) is 2.19. The highest BCUT2D eigenvalue weighted by Gasteiger charge is 2.46. The molecule has 4 atom stereocenters. The highest BCUT2D eigenvalue weighted by atomic mass is 16.5. The third kappa shape index (κ3) is 1.90. The number of esters is 1. The number of ether oxygens (including phenoxy) is 1. The molecule has 0 amide bonds. The Bertz CT molecular complexity index is 736. The van der Waals surface area contributed by atoms with Crippen molar-refractivity contribution in [2.45, 2.75) is 38.3 Å². The Morgan fingerprint density at radius 1 is 1.41 bits per heavy atom. The van der Waals surface area contributed by atoms with Gasteiger partial charge in [-0.1, -0.05) is 19.1 Å². The van der Waals surface area contributed by atoms with E-state index in [0.29, 0.717) is 12.0 Å². The maximum Gasteiger partial charge on any atom is 0.302 e. The zero-order valence-electron chi connectivity index (χ0n) is 13.3. The number of benzene rings is 1. The Morgan fingerprint density at radius 2 is 2.23 bits per heavy atom. The summed E-state index contributed by atoms with van der Waals surface area (Å²) in [5.41, 5.74) is 3.90. The number of aromatic nitrogens is 1. The highest BCUT2D eigenvalue weighted by Crippen LogP contribution is 2.45. The Balaban J connectivity index is 1.88. The maximum absolute atomic E-state index is 11.6. The predicted molar refractivity (Wildman–Crippen MR) is 85.9 cm³/mol. The van der Waals surface area contributed by atoms with Gasteiger partial charge in [-0.3, -0.25) is 4.79 Å². The van der Waals surface area contributed by atoms with E-state index in [-0.39, 0.29) is 18.0 Å². The number of likely N-dealkylation sites (N-methyl/N-ethyl adjacent to an activating group) is 1. The van der Waals surface area contributed by atoms with E-state index in [1.165, 1.54) is 29.0 Å². The maximum atomic E-state index is 11.6. The number of piperidine rings is 1. The zero-order chi connectivity index (χ0) is 15.4. The van der Waals surface area contributed by atoms with Crippen molar-refractivity contribution in [1.82, 2.24) is 9.88 Å². The number of likely N-dealkylation sites (tertiary alicyclic amines) is 1. The number of fused-ring (bicyclic) bond motifs is 2. The quantitative estimate of drug-likeness (QED) is 0.823. The van der Waals surface area contributed by atoms with Gasteiger partial charge in [0.15, 0.2) is 0 Å². The predicted octanol–water partition coefficient (Wildman–Crippen LogP) is 2.69. The number of aromatic amines is 1. The van der Waals surface area contributed by atoms with Crippen LogP contribution in [-0.2, 0) is 16.0 Å². The zero-order valence-corrected chi connectivity index (χ0v) is 13.3. The number of H-pyrrole nitrogens is 1. The molecule has 0 radical (unpaired) electrons. The normalized spacial score (nSPS) is 31.0. The summed E-state index contributed by atoms with van der Waals surface area (Å²) in [5.74, 6) is 0.419. The third-order valence-corrected chi connectivity index (χ3v) is 5.38. The van der Waals surface area contributed by atoms with E-state index in [9.17, 15) is 4.79 Å². The lowest BCUT2D eigenvalue weighted by molar-refractivity contribution is -0.155. The van der Waals surface area contributed by atoms with Crippen molar-refractivity contribution in [3.63, 3.8) is 0 Å². The van der Waals surface area contributed by atoms with Gasteiger partial charge in [0.05, 0.1) is 0 Å². The molecular formula is C18H22N2O2. The molecule has 2 aliphatic rings. The Kier molecular flexibility index (Phi) is 3.05. The molecule has 0 unspecified atom stereocenters. The first-order chi connectivity index (χ1) is 10.6. The summed E-state index contributed by atoms with van der Waals surface area (Å²) in [6.07, 6.45) is 3.12. The topological polar surface area (TPSA) is 45.3 Å². The molecule has 22 heavy (non-hydrogen) atoms. The van der Waals surface area contributed by atoms with Crippen molar-refractivity contribution < 1.29 is 9.53 Å². The summed E-state index contributed by atoms with van der Waals surface area (Å²) < 4.78 is 5.77. The smallest absolute Gasteiger partial charge is 0.302 e. The number of rotatable bonds is 1. The fourth-order valence-electron chi connectivity index (χ4n) is 4.54. The molecule has 4 nitrogen and oxygen atoms in total. The second kappa shape index (κ2) is 4.85. The lowest BCUT2D eigenvalue weighted by atomic mass is 9.71. The number of hydrogen-bond acceptors (Lipinski definition) is 3. The standard InChI is InChI=1S/C18H22N2O2/c1-10-9-20(3)15-7-12-8-19-14-6-4-5-13(16(12)14)17(15)18(10)22-11(2)21/h4-6,8,10,15,17-19H,7,9H2,1-3H3/t10-,15+,17-,18-/m1/s1. The second-order valence-corrected chi connectivity index (χ2v) is 6.87. The third-order valence-electron chi connectivity index (χ3n) is 5.38. The van der Waals surface area contributed by atoms with Crippen molar-refractivity contribution in [3.8, 4) is 0 Å². The average molecular weight is 298 g/mol. The number of nitrogens with zero attached hydrogens (tertiary/aromatic N) is 1. The summed E-state index contributed by atoms with van der Waals surface area (Å²) in [4.78, 5) is 17.4. The molecule has 1 aliphatic carbocycles. The van der Waals surface area contributed by atoms with Crippen LogP contribution >= 0.6 is 0 Å². The number of nitrogens with one attached hydrogen (secondary N) is 1. The van der Waals surface area contributed by atoms with Gasteiger partial charge < -0.3 is 14.6 Å². The van der Waals surface area contributed by atoms with Gasteiger partial charge in [-0.2, -0.15) is 0 Å². The highest BCUT2D eigenvalue weighted by molar-refractivity contribution is 5.88. The average Bonchev–Trinajstić information content (AvgIpc) is 2.88. The molecule has 1 N–H and O–H groups in total. The molecule has 4 rings (SSSR count). The van der Waals surface area contributed by atoms with Gasteiger partial charge >= 0.3 is 5.97 Å². The number of carbonyl (C=O) groups excluding carboxylic acids is 1. The van der Waals surface area contributed by atoms with Gasteiger partial charge in [-0.15, -0.1) is 0 Å². The van der Waals surface area contributed by atoms with Crippen molar-refractivity contribution in [2.24, 2.45) is 5.92 Å². The molecule has 1 fully saturated rings. The van der Waals surface area contributed by atoms with Crippen molar-refractivity contribution in [1.29, 1.82) is 0 Å². The van der Waals surface area contributed by atoms with Crippen LogP contribution in [-0.4, -0.2) is 41.6 Å². The molecule has 0 saturated carbocycles. The van der Waals surface area contributed by atoms with Gasteiger partial charge in [0.2, 0.25) is 0 Å². The van der Waals surface area contributed by atoms with Crippen LogP contribution in [0.15, 0.2) is 24.4 Å². The molecule has 4 heteroatoms. The van der Waals surface area contributed by atoms with Gasteiger partial charge in [-0.25, -0.2) is 0 Å².